The van der Waals surface area contributed by atoms with Gasteiger partial charge < -0.3 is 15.5 Å². The minimum Gasteiger partial charge on any atom is -0.341 e. The number of aryl methyl sites for hydroxylation is 1. The van der Waals surface area contributed by atoms with Gasteiger partial charge in [-0.25, -0.2) is 8.42 Å². The Morgan fingerprint density at radius 1 is 0.935 bits per heavy atom. The molecular weight excluding hydrogens is 418 g/mol. The molecule has 0 aliphatic carbocycles. The third kappa shape index (κ3) is 5.69. The molecule has 0 bridgehead atoms. The van der Waals surface area contributed by atoms with Crippen molar-refractivity contribution in [1.29, 1.82) is 0 Å². The van der Waals surface area contributed by atoms with Gasteiger partial charge in [0.25, 0.3) is 11.8 Å². The Balaban J connectivity index is 1.65. The molecule has 3 rings (SSSR count). The second-order valence-corrected chi connectivity index (χ2v) is 9.83. The molecule has 0 spiro atoms. The Morgan fingerprint density at radius 2 is 1.58 bits per heavy atom. The SMILES string of the molecule is Cc1ccc(C(=O)NC(C)C(=O)N2CCS(=O)(=O)CC2)cc1NC(=O)c1ccccc1. The van der Waals surface area contributed by atoms with Gasteiger partial charge >= 0.3 is 0 Å². The van der Waals surface area contributed by atoms with Crippen LogP contribution in [0, 0.1) is 6.92 Å². The number of sulfone groups is 1. The summed E-state index contributed by atoms with van der Waals surface area (Å²) < 4.78 is 23.1. The van der Waals surface area contributed by atoms with Crippen molar-refractivity contribution < 1.29 is 22.8 Å². The topological polar surface area (TPSA) is 113 Å². The minimum atomic E-state index is -3.10. The number of hydrogen-bond donors (Lipinski definition) is 2. The predicted octanol–water partition coefficient (Wildman–Crippen LogP) is 1.62. The van der Waals surface area contributed by atoms with E-state index in [2.05, 4.69) is 10.6 Å². The molecule has 1 fully saturated rings. The van der Waals surface area contributed by atoms with Gasteiger partial charge in [-0.1, -0.05) is 24.3 Å². The molecule has 2 aromatic carbocycles. The largest absolute Gasteiger partial charge is 0.341 e. The summed E-state index contributed by atoms with van der Waals surface area (Å²) in [5, 5.41) is 5.46. The second-order valence-electron chi connectivity index (χ2n) is 7.52. The van der Waals surface area contributed by atoms with Crippen molar-refractivity contribution in [2.45, 2.75) is 19.9 Å². The van der Waals surface area contributed by atoms with Gasteiger partial charge in [-0.2, -0.15) is 0 Å². The van der Waals surface area contributed by atoms with Crippen LogP contribution >= 0.6 is 0 Å². The number of anilines is 1. The Kier molecular flexibility index (Phi) is 6.74. The fourth-order valence-electron chi connectivity index (χ4n) is 3.23. The van der Waals surface area contributed by atoms with Gasteiger partial charge in [0, 0.05) is 29.9 Å². The van der Waals surface area contributed by atoms with Gasteiger partial charge in [-0.05, 0) is 43.7 Å². The summed E-state index contributed by atoms with van der Waals surface area (Å²) in [6.07, 6.45) is 0. The van der Waals surface area contributed by atoms with E-state index in [1.165, 1.54) is 4.90 Å². The van der Waals surface area contributed by atoms with Crippen LogP contribution in [0.1, 0.15) is 33.2 Å². The first-order chi connectivity index (χ1) is 14.7. The zero-order valence-electron chi connectivity index (χ0n) is 17.4. The lowest BCUT2D eigenvalue weighted by atomic mass is 10.1. The number of nitrogens with zero attached hydrogens (tertiary/aromatic N) is 1. The number of carbonyl (C=O) groups excluding carboxylic acids is 3. The first kappa shape index (κ1) is 22.5. The summed E-state index contributed by atoms with van der Waals surface area (Å²) in [5.74, 6) is -1.21. The summed E-state index contributed by atoms with van der Waals surface area (Å²) in [5.41, 5.74) is 2.09. The third-order valence-electron chi connectivity index (χ3n) is 5.16. The number of benzene rings is 2. The highest BCUT2D eigenvalue weighted by molar-refractivity contribution is 7.91. The number of hydrogen-bond acceptors (Lipinski definition) is 5. The molecule has 1 saturated heterocycles. The van der Waals surface area contributed by atoms with Gasteiger partial charge in [0.1, 0.15) is 6.04 Å². The lowest BCUT2D eigenvalue weighted by Gasteiger charge is -2.29. The molecule has 3 amide bonds. The molecule has 1 atom stereocenters. The smallest absolute Gasteiger partial charge is 0.255 e. The lowest BCUT2D eigenvalue weighted by molar-refractivity contribution is -0.132. The summed E-state index contributed by atoms with van der Waals surface area (Å²) >= 11 is 0. The highest BCUT2D eigenvalue weighted by atomic mass is 32.2. The van der Waals surface area contributed by atoms with E-state index in [0.29, 0.717) is 16.8 Å². The quantitative estimate of drug-likeness (QED) is 0.729. The zero-order chi connectivity index (χ0) is 22.6. The maximum atomic E-state index is 12.7. The van der Waals surface area contributed by atoms with Crippen molar-refractivity contribution in [2.24, 2.45) is 0 Å². The van der Waals surface area contributed by atoms with Gasteiger partial charge in [0.05, 0.1) is 11.5 Å². The molecule has 1 aliphatic heterocycles. The van der Waals surface area contributed by atoms with Crippen LogP contribution in [-0.4, -0.2) is 61.7 Å². The Labute approximate surface area is 181 Å². The fourth-order valence-corrected chi connectivity index (χ4v) is 4.43. The van der Waals surface area contributed by atoms with Crippen molar-refractivity contribution in [2.75, 3.05) is 29.9 Å². The zero-order valence-corrected chi connectivity index (χ0v) is 18.2. The van der Waals surface area contributed by atoms with Crippen LogP contribution < -0.4 is 10.6 Å². The number of rotatable bonds is 5. The molecule has 8 nitrogen and oxygen atoms in total. The molecular formula is C22H25N3O5S. The van der Waals surface area contributed by atoms with E-state index in [9.17, 15) is 22.8 Å². The number of carbonyl (C=O) groups is 3. The first-order valence-electron chi connectivity index (χ1n) is 9.93. The van der Waals surface area contributed by atoms with Gasteiger partial charge in [0.15, 0.2) is 9.84 Å². The van der Waals surface area contributed by atoms with Crippen LogP contribution in [0.5, 0.6) is 0 Å². The molecule has 164 valence electrons. The van der Waals surface area contributed by atoms with Crippen LogP contribution in [0.2, 0.25) is 0 Å². The summed E-state index contributed by atoms with van der Waals surface area (Å²) in [7, 11) is -3.10. The fraction of sp³-hybridized carbons (Fsp3) is 0.318. The third-order valence-corrected chi connectivity index (χ3v) is 6.77. The predicted molar refractivity (Wildman–Crippen MR) is 118 cm³/mol. The van der Waals surface area contributed by atoms with E-state index >= 15 is 0 Å². The molecule has 0 aromatic heterocycles. The normalized spacial score (nSPS) is 16.3. The van der Waals surface area contributed by atoms with Crippen molar-refractivity contribution in [3.63, 3.8) is 0 Å². The highest BCUT2D eigenvalue weighted by Gasteiger charge is 2.28. The Hall–Kier alpha value is -3.20. The Morgan fingerprint density at radius 3 is 2.23 bits per heavy atom. The maximum absolute atomic E-state index is 12.7. The molecule has 1 unspecified atom stereocenters. The monoisotopic (exact) mass is 443 g/mol. The van der Waals surface area contributed by atoms with Crippen molar-refractivity contribution in [3.8, 4) is 0 Å². The van der Waals surface area contributed by atoms with E-state index in [0.717, 1.165) is 5.56 Å². The van der Waals surface area contributed by atoms with Crippen LogP contribution in [-0.2, 0) is 14.6 Å². The van der Waals surface area contributed by atoms with Crippen LogP contribution in [0.3, 0.4) is 0 Å². The van der Waals surface area contributed by atoms with E-state index < -0.39 is 21.8 Å². The first-order valence-corrected chi connectivity index (χ1v) is 11.8. The van der Waals surface area contributed by atoms with E-state index in [-0.39, 0.29) is 36.4 Å². The molecule has 31 heavy (non-hydrogen) atoms. The Bertz CT molecular complexity index is 1090. The van der Waals surface area contributed by atoms with E-state index in [1.807, 2.05) is 13.0 Å². The lowest BCUT2D eigenvalue weighted by Crippen LogP contribution is -2.51. The summed E-state index contributed by atoms with van der Waals surface area (Å²) in [6, 6.07) is 12.8. The van der Waals surface area contributed by atoms with Crippen LogP contribution in [0.25, 0.3) is 0 Å². The molecule has 1 aliphatic rings. The number of amides is 3. The standard InChI is InChI=1S/C22H25N3O5S/c1-15-8-9-18(14-19(15)24-20(26)17-6-4-3-5-7-17)21(27)23-16(2)22(28)25-10-12-31(29,30)13-11-25/h3-9,14,16H,10-13H2,1-2H3,(H,23,27)(H,24,26). The molecule has 0 saturated carbocycles. The molecule has 0 radical (unpaired) electrons. The van der Waals surface area contributed by atoms with E-state index in [4.69, 9.17) is 0 Å². The van der Waals surface area contributed by atoms with Gasteiger partial charge in [-0.15, -0.1) is 0 Å². The average molecular weight is 444 g/mol. The van der Waals surface area contributed by atoms with Crippen molar-refractivity contribution in [1.82, 2.24) is 10.2 Å². The van der Waals surface area contributed by atoms with Gasteiger partial charge in [0.2, 0.25) is 5.91 Å². The van der Waals surface area contributed by atoms with Crippen molar-refractivity contribution in [3.05, 3.63) is 65.2 Å². The maximum Gasteiger partial charge on any atom is 0.255 e. The molecule has 2 aromatic rings. The molecule has 2 N–H and O–H groups in total. The summed E-state index contributed by atoms with van der Waals surface area (Å²) in [4.78, 5) is 39.1. The van der Waals surface area contributed by atoms with E-state index in [1.54, 1.807) is 49.4 Å². The second kappa shape index (κ2) is 9.30. The minimum absolute atomic E-state index is 0.0676. The summed E-state index contributed by atoms with van der Waals surface area (Å²) in [6.45, 7) is 3.64. The van der Waals surface area contributed by atoms with Crippen LogP contribution in [0.15, 0.2) is 48.5 Å². The molecule has 9 heteroatoms. The average Bonchev–Trinajstić information content (AvgIpc) is 2.75. The van der Waals surface area contributed by atoms with Crippen molar-refractivity contribution >= 4 is 33.2 Å². The molecule has 1 heterocycles. The van der Waals surface area contributed by atoms with Gasteiger partial charge in [-0.3, -0.25) is 14.4 Å². The number of nitrogens with one attached hydrogen (secondary N) is 2. The highest BCUT2D eigenvalue weighted by Crippen LogP contribution is 2.18. The van der Waals surface area contributed by atoms with Crippen LogP contribution in [0.4, 0.5) is 5.69 Å².